The Morgan fingerprint density at radius 3 is 3.11 bits per heavy atom. The SMILES string of the molecule is C[Si](C)(C)COC(=O)[C@]12C=CC[C@@H]3ON=C(CC1)[C@@H]32. The van der Waals surface area contributed by atoms with E-state index in [0.717, 1.165) is 25.0 Å². The fourth-order valence-corrected chi connectivity index (χ4v) is 3.84. The van der Waals surface area contributed by atoms with Gasteiger partial charge in [-0.2, -0.15) is 0 Å². The first-order valence-corrected chi connectivity index (χ1v) is 10.7. The minimum Gasteiger partial charge on any atom is -0.469 e. The van der Waals surface area contributed by atoms with Crippen LogP contribution in [0.3, 0.4) is 0 Å². The lowest BCUT2D eigenvalue weighted by Gasteiger charge is -2.34. The molecule has 0 bridgehead atoms. The van der Waals surface area contributed by atoms with Gasteiger partial charge in [0.1, 0.15) is 6.10 Å². The fourth-order valence-electron chi connectivity index (χ4n) is 3.28. The number of hydrogen-bond donors (Lipinski definition) is 0. The van der Waals surface area contributed by atoms with Gasteiger partial charge in [-0.05, 0) is 12.8 Å². The van der Waals surface area contributed by atoms with Crippen molar-refractivity contribution >= 4 is 19.8 Å². The highest BCUT2D eigenvalue weighted by atomic mass is 28.3. The highest BCUT2D eigenvalue weighted by molar-refractivity contribution is 6.76. The van der Waals surface area contributed by atoms with Crippen LogP contribution in [0.15, 0.2) is 17.3 Å². The van der Waals surface area contributed by atoms with Crippen LogP contribution in [0.1, 0.15) is 19.3 Å². The minimum atomic E-state index is -1.38. The molecule has 1 fully saturated rings. The summed E-state index contributed by atoms with van der Waals surface area (Å²) in [7, 11) is -1.38. The molecule has 3 atom stereocenters. The summed E-state index contributed by atoms with van der Waals surface area (Å²) in [5.74, 6) is 0.0446. The molecule has 0 aromatic rings. The molecule has 0 saturated heterocycles. The molecule has 4 nitrogen and oxygen atoms in total. The van der Waals surface area contributed by atoms with Crippen LogP contribution in [0.5, 0.6) is 0 Å². The third-order valence-electron chi connectivity index (χ3n) is 4.19. The van der Waals surface area contributed by atoms with E-state index in [-0.39, 0.29) is 18.0 Å². The Morgan fingerprint density at radius 1 is 1.58 bits per heavy atom. The second-order valence-corrected chi connectivity index (χ2v) is 12.4. The van der Waals surface area contributed by atoms with Crippen molar-refractivity contribution in [3.8, 4) is 0 Å². The first kappa shape index (κ1) is 12.9. The number of oxime groups is 1. The van der Waals surface area contributed by atoms with Gasteiger partial charge < -0.3 is 9.57 Å². The quantitative estimate of drug-likeness (QED) is 0.453. The summed E-state index contributed by atoms with van der Waals surface area (Å²) in [5, 5.41) is 4.15. The van der Waals surface area contributed by atoms with Crippen molar-refractivity contribution in [3.63, 3.8) is 0 Å². The number of nitrogens with zero attached hydrogens (tertiary/aromatic N) is 1. The van der Waals surface area contributed by atoms with E-state index in [2.05, 4.69) is 36.9 Å². The molecule has 0 unspecified atom stereocenters. The number of hydrogen-bond acceptors (Lipinski definition) is 4. The Kier molecular flexibility index (Phi) is 2.85. The van der Waals surface area contributed by atoms with Crippen molar-refractivity contribution in [2.45, 2.75) is 45.0 Å². The van der Waals surface area contributed by atoms with Crippen molar-refractivity contribution in [1.82, 2.24) is 0 Å². The summed E-state index contributed by atoms with van der Waals surface area (Å²) in [6.45, 7) is 6.62. The van der Waals surface area contributed by atoms with Gasteiger partial charge in [-0.3, -0.25) is 4.79 Å². The summed E-state index contributed by atoms with van der Waals surface area (Å²) in [6, 6.07) is 0. The maximum Gasteiger partial charge on any atom is 0.316 e. The predicted molar refractivity (Wildman–Crippen MR) is 75.5 cm³/mol. The monoisotopic (exact) mass is 279 g/mol. The maximum atomic E-state index is 12.6. The second kappa shape index (κ2) is 4.20. The van der Waals surface area contributed by atoms with Crippen molar-refractivity contribution in [3.05, 3.63) is 12.2 Å². The molecule has 0 aromatic heterocycles. The number of carbonyl (C=O) groups excluding carboxylic acids is 1. The molecular formula is C14H21NO3Si. The van der Waals surface area contributed by atoms with Crippen LogP contribution in [-0.4, -0.2) is 32.1 Å². The Labute approximate surface area is 114 Å². The Hall–Kier alpha value is -1.10. The Morgan fingerprint density at radius 2 is 2.37 bits per heavy atom. The third-order valence-corrected chi connectivity index (χ3v) is 5.20. The maximum absolute atomic E-state index is 12.6. The predicted octanol–water partition coefficient (Wildman–Crippen LogP) is 2.52. The zero-order valence-electron chi connectivity index (χ0n) is 11.8. The van der Waals surface area contributed by atoms with E-state index >= 15 is 0 Å². The van der Waals surface area contributed by atoms with Crippen LogP contribution >= 0.6 is 0 Å². The molecule has 5 heteroatoms. The molecule has 104 valence electrons. The molecule has 0 aromatic carbocycles. The first-order chi connectivity index (χ1) is 8.92. The molecule has 2 aliphatic carbocycles. The topological polar surface area (TPSA) is 47.9 Å². The van der Waals surface area contributed by atoms with Crippen LogP contribution in [0, 0.1) is 11.3 Å². The number of ether oxygens (including phenoxy) is 1. The molecule has 0 N–H and O–H groups in total. The first-order valence-electron chi connectivity index (χ1n) is 7.00. The van der Waals surface area contributed by atoms with E-state index in [0.29, 0.717) is 6.23 Å². The summed E-state index contributed by atoms with van der Waals surface area (Å²) in [4.78, 5) is 18.1. The summed E-state index contributed by atoms with van der Waals surface area (Å²) in [6.07, 6.45) is 7.26. The molecule has 3 aliphatic rings. The van der Waals surface area contributed by atoms with Crippen LogP contribution < -0.4 is 0 Å². The minimum absolute atomic E-state index is 0.0435. The van der Waals surface area contributed by atoms with Crippen LogP contribution in [0.25, 0.3) is 0 Å². The standard InChI is InChI=1S/C14H21NO3Si/c1-19(2,3)9-17-13(16)14-7-4-5-11-12(14)10(6-8-14)15-18-11/h4,7,11-12H,5-6,8-9H2,1-3H3/t11-,12-,14+/m0/s1. The molecule has 0 spiro atoms. The van der Waals surface area contributed by atoms with Gasteiger partial charge in [0.15, 0.2) is 0 Å². The molecule has 0 amide bonds. The van der Waals surface area contributed by atoms with Gasteiger partial charge in [-0.15, -0.1) is 0 Å². The van der Waals surface area contributed by atoms with Crippen molar-refractivity contribution in [2.24, 2.45) is 16.5 Å². The molecule has 1 heterocycles. The highest BCUT2D eigenvalue weighted by Gasteiger charge is 2.59. The lowest BCUT2D eigenvalue weighted by molar-refractivity contribution is -0.154. The van der Waals surface area contributed by atoms with Crippen LogP contribution in [0.4, 0.5) is 0 Å². The number of rotatable bonds is 3. The lowest BCUT2D eigenvalue weighted by atomic mass is 9.71. The van der Waals surface area contributed by atoms with Gasteiger partial charge >= 0.3 is 5.97 Å². The molecule has 3 rings (SSSR count). The van der Waals surface area contributed by atoms with Gasteiger partial charge in [0.2, 0.25) is 0 Å². The number of carbonyl (C=O) groups is 1. The Balaban J connectivity index is 1.82. The summed E-state index contributed by atoms with van der Waals surface area (Å²) in [5.41, 5.74) is 0.553. The largest absolute Gasteiger partial charge is 0.469 e. The zero-order chi connectivity index (χ0) is 13.7. The van der Waals surface area contributed by atoms with Gasteiger partial charge in [0.05, 0.1) is 31.3 Å². The normalized spacial score (nSPS) is 35.6. The van der Waals surface area contributed by atoms with Gasteiger partial charge in [0, 0.05) is 6.42 Å². The van der Waals surface area contributed by atoms with E-state index in [9.17, 15) is 4.79 Å². The molecule has 19 heavy (non-hydrogen) atoms. The Bertz CT molecular complexity index is 466. The van der Waals surface area contributed by atoms with E-state index in [1.54, 1.807) is 0 Å². The van der Waals surface area contributed by atoms with Crippen LogP contribution in [-0.2, 0) is 14.4 Å². The van der Waals surface area contributed by atoms with E-state index in [4.69, 9.17) is 9.57 Å². The van der Waals surface area contributed by atoms with E-state index in [1.165, 1.54) is 0 Å². The zero-order valence-corrected chi connectivity index (χ0v) is 12.8. The average Bonchev–Trinajstić information content (AvgIpc) is 2.93. The van der Waals surface area contributed by atoms with E-state index < -0.39 is 13.5 Å². The summed E-state index contributed by atoms with van der Waals surface area (Å²) >= 11 is 0. The third kappa shape index (κ3) is 2.04. The van der Waals surface area contributed by atoms with Gasteiger partial charge in [0.25, 0.3) is 0 Å². The van der Waals surface area contributed by atoms with Gasteiger partial charge in [-0.1, -0.05) is 36.9 Å². The van der Waals surface area contributed by atoms with E-state index in [1.807, 2.05) is 0 Å². The molecule has 0 radical (unpaired) electrons. The highest BCUT2D eigenvalue weighted by Crippen LogP contribution is 2.52. The molecule has 1 saturated carbocycles. The smallest absolute Gasteiger partial charge is 0.316 e. The second-order valence-electron chi connectivity index (χ2n) is 7.02. The molecular weight excluding hydrogens is 258 g/mol. The van der Waals surface area contributed by atoms with Crippen molar-refractivity contribution in [1.29, 1.82) is 0 Å². The van der Waals surface area contributed by atoms with Crippen LogP contribution in [0.2, 0.25) is 19.6 Å². The summed E-state index contributed by atoms with van der Waals surface area (Å²) < 4.78 is 5.64. The lowest BCUT2D eigenvalue weighted by Crippen LogP contribution is -2.44. The average molecular weight is 279 g/mol. The fraction of sp³-hybridized carbons (Fsp3) is 0.714. The number of esters is 1. The van der Waals surface area contributed by atoms with Gasteiger partial charge in [-0.25, -0.2) is 0 Å². The molecule has 1 aliphatic heterocycles. The van der Waals surface area contributed by atoms with Crippen molar-refractivity contribution in [2.75, 3.05) is 6.23 Å². The van der Waals surface area contributed by atoms with Crippen molar-refractivity contribution < 1.29 is 14.4 Å².